The summed E-state index contributed by atoms with van der Waals surface area (Å²) in [6.07, 6.45) is 4.64. The summed E-state index contributed by atoms with van der Waals surface area (Å²) in [6, 6.07) is 0. The number of aromatic carboxylic acids is 1. The summed E-state index contributed by atoms with van der Waals surface area (Å²) >= 11 is 1.51. The molecular formula is C16H25NO2S. The lowest BCUT2D eigenvalue weighted by molar-refractivity contribution is 0.0695. The van der Waals surface area contributed by atoms with Gasteiger partial charge >= 0.3 is 5.97 Å². The molecule has 1 aliphatic rings. The van der Waals surface area contributed by atoms with Gasteiger partial charge in [0, 0.05) is 7.05 Å². The standard InChI is InChI=1S/C16H25NO2S/c1-16(2,3)11-7-5-10(6-8-11)12-9-20-14(17-4)13(12)15(18)19/h9-11,17H,5-8H2,1-4H3,(H,18,19). The molecule has 2 rings (SSSR count). The van der Waals surface area contributed by atoms with Crippen LogP contribution in [0.5, 0.6) is 0 Å². The fourth-order valence-corrected chi connectivity index (χ4v) is 4.34. The van der Waals surface area contributed by atoms with Crippen molar-refractivity contribution >= 4 is 22.3 Å². The molecule has 1 fully saturated rings. The van der Waals surface area contributed by atoms with Gasteiger partial charge in [-0.25, -0.2) is 4.79 Å². The quantitative estimate of drug-likeness (QED) is 0.841. The minimum Gasteiger partial charge on any atom is -0.478 e. The number of carboxylic acids is 1. The van der Waals surface area contributed by atoms with E-state index in [1.807, 2.05) is 5.38 Å². The van der Waals surface area contributed by atoms with E-state index in [1.54, 1.807) is 7.05 Å². The summed E-state index contributed by atoms with van der Waals surface area (Å²) < 4.78 is 0. The summed E-state index contributed by atoms with van der Waals surface area (Å²) in [5, 5.41) is 15.3. The van der Waals surface area contributed by atoms with E-state index in [0.717, 1.165) is 29.3 Å². The number of carbonyl (C=O) groups is 1. The van der Waals surface area contributed by atoms with Crippen LogP contribution in [-0.4, -0.2) is 18.1 Å². The first-order valence-corrected chi connectivity index (χ1v) is 8.25. The van der Waals surface area contributed by atoms with Gasteiger partial charge in [0.1, 0.15) is 5.00 Å². The van der Waals surface area contributed by atoms with Gasteiger partial charge in [-0.05, 0) is 53.9 Å². The Balaban J connectivity index is 2.15. The zero-order valence-electron chi connectivity index (χ0n) is 12.8. The minimum absolute atomic E-state index is 0.366. The SMILES string of the molecule is CNc1scc(C2CCC(C(C)(C)C)CC2)c1C(=O)O. The monoisotopic (exact) mass is 295 g/mol. The highest BCUT2D eigenvalue weighted by Crippen LogP contribution is 2.45. The fraction of sp³-hybridized carbons (Fsp3) is 0.688. The van der Waals surface area contributed by atoms with E-state index in [4.69, 9.17) is 0 Å². The Morgan fingerprint density at radius 3 is 2.35 bits per heavy atom. The Bertz CT molecular complexity index is 479. The van der Waals surface area contributed by atoms with Gasteiger partial charge in [-0.15, -0.1) is 11.3 Å². The third kappa shape index (κ3) is 3.00. The molecule has 1 heterocycles. The molecular weight excluding hydrogens is 270 g/mol. The van der Waals surface area contributed by atoms with E-state index in [9.17, 15) is 9.90 Å². The van der Waals surface area contributed by atoms with E-state index in [0.29, 0.717) is 16.9 Å². The van der Waals surface area contributed by atoms with Crippen molar-refractivity contribution in [1.29, 1.82) is 0 Å². The molecule has 0 radical (unpaired) electrons. The maximum atomic E-state index is 11.5. The molecule has 0 amide bonds. The smallest absolute Gasteiger partial charge is 0.338 e. The van der Waals surface area contributed by atoms with Gasteiger partial charge in [0.25, 0.3) is 0 Å². The van der Waals surface area contributed by atoms with Gasteiger partial charge < -0.3 is 10.4 Å². The fourth-order valence-electron chi connectivity index (χ4n) is 3.35. The molecule has 0 atom stereocenters. The number of anilines is 1. The van der Waals surface area contributed by atoms with E-state index in [1.165, 1.54) is 24.2 Å². The number of thiophene rings is 1. The predicted octanol–water partition coefficient (Wildman–Crippen LogP) is 4.81. The van der Waals surface area contributed by atoms with Gasteiger partial charge in [0.05, 0.1) is 5.56 Å². The molecule has 3 nitrogen and oxygen atoms in total. The maximum Gasteiger partial charge on any atom is 0.338 e. The first-order valence-electron chi connectivity index (χ1n) is 7.37. The second-order valence-corrected chi connectivity index (χ2v) is 7.74. The molecule has 1 aromatic rings. The van der Waals surface area contributed by atoms with Crippen molar-refractivity contribution in [3.8, 4) is 0 Å². The van der Waals surface area contributed by atoms with Crippen LogP contribution in [0.25, 0.3) is 0 Å². The summed E-state index contributed by atoms with van der Waals surface area (Å²) in [5.41, 5.74) is 1.90. The van der Waals surface area contributed by atoms with Crippen molar-refractivity contribution in [2.45, 2.75) is 52.4 Å². The van der Waals surface area contributed by atoms with E-state index < -0.39 is 5.97 Å². The molecule has 1 saturated carbocycles. The zero-order valence-corrected chi connectivity index (χ0v) is 13.6. The molecule has 0 aliphatic heterocycles. The lowest BCUT2D eigenvalue weighted by atomic mass is 9.68. The van der Waals surface area contributed by atoms with Crippen LogP contribution < -0.4 is 5.32 Å². The van der Waals surface area contributed by atoms with Crippen molar-refractivity contribution in [3.05, 3.63) is 16.5 Å². The van der Waals surface area contributed by atoms with Crippen molar-refractivity contribution in [1.82, 2.24) is 0 Å². The van der Waals surface area contributed by atoms with E-state index >= 15 is 0 Å². The van der Waals surface area contributed by atoms with Crippen LogP contribution in [-0.2, 0) is 0 Å². The number of hydrogen-bond donors (Lipinski definition) is 2. The molecule has 0 aromatic carbocycles. The summed E-state index contributed by atoms with van der Waals surface area (Å²) in [7, 11) is 1.79. The Labute approximate surface area is 125 Å². The number of hydrogen-bond acceptors (Lipinski definition) is 3. The second kappa shape index (κ2) is 5.76. The molecule has 1 aromatic heterocycles. The minimum atomic E-state index is -0.802. The largest absolute Gasteiger partial charge is 0.478 e. The average molecular weight is 295 g/mol. The topological polar surface area (TPSA) is 49.3 Å². The third-order valence-electron chi connectivity index (χ3n) is 4.65. The average Bonchev–Trinajstić information content (AvgIpc) is 2.81. The van der Waals surface area contributed by atoms with Crippen LogP contribution >= 0.6 is 11.3 Å². The van der Waals surface area contributed by atoms with Gasteiger partial charge in [0.2, 0.25) is 0 Å². The highest BCUT2D eigenvalue weighted by atomic mass is 32.1. The third-order valence-corrected chi connectivity index (χ3v) is 5.67. The molecule has 0 saturated heterocycles. The molecule has 0 spiro atoms. The first kappa shape index (κ1) is 15.4. The summed E-state index contributed by atoms with van der Waals surface area (Å²) in [5.74, 6) is 0.371. The molecule has 2 N–H and O–H groups in total. The molecule has 112 valence electrons. The first-order chi connectivity index (χ1) is 9.34. The summed E-state index contributed by atoms with van der Waals surface area (Å²) in [6.45, 7) is 6.93. The van der Waals surface area contributed by atoms with Gasteiger partial charge in [0.15, 0.2) is 0 Å². The molecule has 1 aliphatic carbocycles. The summed E-state index contributed by atoms with van der Waals surface area (Å²) in [4.78, 5) is 11.5. The van der Waals surface area contributed by atoms with Crippen molar-refractivity contribution < 1.29 is 9.90 Å². The molecule has 0 bridgehead atoms. The van der Waals surface area contributed by atoms with Crippen LogP contribution in [0.2, 0.25) is 0 Å². The second-order valence-electron chi connectivity index (χ2n) is 6.86. The maximum absolute atomic E-state index is 11.5. The number of nitrogens with one attached hydrogen (secondary N) is 1. The molecule has 0 unspecified atom stereocenters. The highest BCUT2D eigenvalue weighted by molar-refractivity contribution is 7.14. The van der Waals surface area contributed by atoms with Crippen LogP contribution in [0.1, 0.15) is 68.3 Å². The van der Waals surface area contributed by atoms with Gasteiger partial charge in [-0.1, -0.05) is 20.8 Å². The number of carboxylic acid groups (broad SMARTS) is 1. The Hall–Kier alpha value is -1.03. The van der Waals surface area contributed by atoms with Crippen LogP contribution in [0.15, 0.2) is 5.38 Å². The van der Waals surface area contributed by atoms with Crippen LogP contribution in [0.4, 0.5) is 5.00 Å². The van der Waals surface area contributed by atoms with Crippen LogP contribution in [0.3, 0.4) is 0 Å². The lowest BCUT2D eigenvalue weighted by Gasteiger charge is -2.37. The van der Waals surface area contributed by atoms with E-state index in [-0.39, 0.29) is 0 Å². The number of rotatable bonds is 3. The van der Waals surface area contributed by atoms with Crippen molar-refractivity contribution in [2.75, 3.05) is 12.4 Å². The normalized spacial score (nSPS) is 23.6. The predicted molar refractivity (Wildman–Crippen MR) is 85.0 cm³/mol. The Morgan fingerprint density at radius 2 is 1.90 bits per heavy atom. The van der Waals surface area contributed by atoms with Gasteiger partial charge in [-0.2, -0.15) is 0 Å². The van der Waals surface area contributed by atoms with Crippen LogP contribution in [0, 0.1) is 11.3 Å². The lowest BCUT2D eigenvalue weighted by Crippen LogP contribution is -2.25. The molecule has 20 heavy (non-hydrogen) atoms. The van der Waals surface area contributed by atoms with Crippen molar-refractivity contribution in [2.24, 2.45) is 11.3 Å². The van der Waals surface area contributed by atoms with Gasteiger partial charge in [-0.3, -0.25) is 0 Å². The highest BCUT2D eigenvalue weighted by Gasteiger charge is 2.32. The van der Waals surface area contributed by atoms with Crippen molar-refractivity contribution in [3.63, 3.8) is 0 Å². The Morgan fingerprint density at radius 1 is 1.30 bits per heavy atom. The van der Waals surface area contributed by atoms with E-state index in [2.05, 4.69) is 26.1 Å². The zero-order chi connectivity index (χ0) is 14.9. The molecule has 4 heteroatoms. The Kier molecular flexibility index (Phi) is 4.43.